The number of hydrogen-bond acceptors (Lipinski definition) is 7. The minimum Gasteiger partial charge on any atom is -0.486 e. The molecule has 0 spiro atoms. The molecule has 196 valence electrons. The molecule has 0 fully saturated rings. The number of fused-ring (bicyclic) bond motifs is 1. The summed E-state index contributed by atoms with van der Waals surface area (Å²) in [6, 6.07) is 13.3. The van der Waals surface area contributed by atoms with Gasteiger partial charge in [0.2, 0.25) is 5.95 Å². The van der Waals surface area contributed by atoms with Gasteiger partial charge in [-0.2, -0.15) is 5.26 Å². The summed E-state index contributed by atoms with van der Waals surface area (Å²) in [6.07, 6.45) is 2.61. The highest BCUT2D eigenvalue weighted by Gasteiger charge is 2.18. The van der Waals surface area contributed by atoms with Crippen LogP contribution in [0, 0.1) is 29.9 Å². The van der Waals surface area contributed by atoms with E-state index in [0.717, 1.165) is 6.20 Å². The molecule has 2 aromatic carbocycles. The van der Waals surface area contributed by atoms with E-state index in [9.17, 15) is 14.0 Å². The second-order valence-electron chi connectivity index (χ2n) is 9.01. The van der Waals surface area contributed by atoms with Gasteiger partial charge in [0.25, 0.3) is 0 Å². The van der Waals surface area contributed by atoms with Crippen molar-refractivity contribution in [2.24, 2.45) is 0 Å². The maximum atomic E-state index is 15.0. The summed E-state index contributed by atoms with van der Waals surface area (Å²) in [5, 5.41) is 12.5. The van der Waals surface area contributed by atoms with E-state index in [0.29, 0.717) is 39.1 Å². The number of aryl methyl sites for hydroxylation is 1. The lowest BCUT2D eigenvalue weighted by molar-refractivity contribution is 0.301. The number of halogens is 3. The molecule has 0 saturated carbocycles. The number of hydrogen-bond donors (Lipinski definition) is 1. The van der Waals surface area contributed by atoms with Crippen molar-refractivity contribution in [2.75, 3.05) is 5.32 Å². The van der Waals surface area contributed by atoms with Gasteiger partial charge in [0.05, 0.1) is 28.0 Å². The Morgan fingerprint density at radius 2 is 1.92 bits per heavy atom. The minimum absolute atomic E-state index is 0.0335. The number of pyridine rings is 1. The lowest BCUT2D eigenvalue weighted by atomic mass is 10.1. The largest absolute Gasteiger partial charge is 0.486 e. The monoisotopic (exact) mass is 545 g/mol. The lowest BCUT2D eigenvalue weighted by Crippen LogP contribution is -2.04. The van der Waals surface area contributed by atoms with Crippen molar-refractivity contribution in [3.63, 3.8) is 0 Å². The zero-order valence-corrected chi connectivity index (χ0v) is 22.0. The fraction of sp³-hybridized carbons (Fsp3) is 0.179. The van der Waals surface area contributed by atoms with E-state index in [1.54, 1.807) is 49.5 Å². The van der Waals surface area contributed by atoms with Crippen LogP contribution in [0.4, 0.5) is 20.4 Å². The van der Waals surface area contributed by atoms with Crippen molar-refractivity contribution in [1.29, 1.82) is 5.26 Å². The molecule has 0 aliphatic heterocycles. The molecule has 0 bridgehead atoms. The minimum atomic E-state index is -0.695. The van der Waals surface area contributed by atoms with Crippen LogP contribution in [-0.2, 0) is 6.61 Å². The van der Waals surface area contributed by atoms with E-state index >= 15 is 0 Å². The Labute approximate surface area is 227 Å². The van der Waals surface area contributed by atoms with Crippen molar-refractivity contribution >= 4 is 34.3 Å². The van der Waals surface area contributed by atoms with E-state index in [1.165, 1.54) is 6.07 Å². The smallest absolute Gasteiger partial charge is 0.227 e. The van der Waals surface area contributed by atoms with Gasteiger partial charge in [-0.25, -0.2) is 23.7 Å². The van der Waals surface area contributed by atoms with Crippen molar-refractivity contribution in [1.82, 2.24) is 24.5 Å². The normalized spacial score (nSPS) is 11.1. The Morgan fingerprint density at radius 1 is 1.10 bits per heavy atom. The summed E-state index contributed by atoms with van der Waals surface area (Å²) in [5.41, 5.74) is 2.41. The average molecular weight is 546 g/mol. The Kier molecular flexibility index (Phi) is 7.09. The van der Waals surface area contributed by atoms with Crippen LogP contribution in [0.1, 0.15) is 37.0 Å². The van der Waals surface area contributed by atoms with E-state index in [-0.39, 0.29) is 35.4 Å². The van der Waals surface area contributed by atoms with Gasteiger partial charge in [-0.3, -0.25) is 4.98 Å². The van der Waals surface area contributed by atoms with Crippen LogP contribution in [-0.4, -0.2) is 24.5 Å². The molecule has 0 aliphatic rings. The highest BCUT2D eigenvalue weighted by atomic mass is 35.5. The number of anilines is 2. The van der Waals surface area contributed by atoms with Crippen molar-refractivity contribution in [3.05, 3.63) is 88.6 Å². The molecular formula is C28H22ClF2N7O. The van der Waals surface area contributed by atoms with Crippen LogP contribution in [0.2, 0.25) is 5.02 Å². The zero-order chi connectivity index (χ0) is 27.7. The predicted octanol–water partition coefficient (Wildman–Crippen LogP) is 6.90. The van der Waals surface area contributed by atoms with Crippen LogP contribution in [0.5, 0.6) is 5.75 Å². The molecule has 0 saturated heterocycles. The van der Waals surface area contributed by atoms with Crippen molar-refractivity contribution in [2.45, 2.75) is 33.4 Å². The SMILES string of the molecule is Cc1nc2c(F)cc(-c3nc(Nc4ccc(OCc5ncccc5C#N)c(Cl)c4)ncc3F)cc2n1C(C)C. The molecule has 0 unspecified atom stereocenters. The quantitative estimate of drug-likeness (QED) is 0.237. The number of nitrogens with one attached hydrogen (secondary N) is 1. The molecule has 0 radical (unpaired) electrons. The van der Waals surface area contributed by atoms with Gasteiger partial charge in [0, 0.05) is 23.5 Å². The van der Waals surface area contributed by atoms with Gasteiger partial charge in [0.15, 0.2) is 11.6 Å². The fourth-order valence-corrected chi connectivity index (χ4v) is 4.55. The van der Waals surface area contributed by atoms with E-state index < -0.39 is 11.6 Å². The van der Waals surface area contributed by atoms with Gasteiger partial charge in [-0.1, -0.05) is 11.6 Å². The molecular weight excluding hydrogens is 524 g/mol. The summed E-state index contributed by atoms with van der Waals surface area (Å²) in [4.78, 5) is 16.8. The van der Waals surface area contributed by atoms with Crippen LogP contribution in [0.3, 0.4) is 0 Å². The molecule has 8 nitrogen and oxygen atoms in total. The first-order valence-electron chi connectivity index (χ1n) is 12.0. The zero-order valence-electron chi connectivity index (χ0n) is 21.2. The number of nitrogens with zero attached hydrogens (tertiary/aromatic N) is 6. The number of imidazole rings is 1. The van der Waals surface area contributed by atoms with Crippen LogP contribution in [0.25, 0.3) is 22.3 Å². The molecule has 5 aromatic rings. The third-order valence-corrected chi connectivity index (χ3v) is 6.32. The second kappa shape index (κ2) is 10.6. The average Bonchev–Trinajstić information content (AvgIpc) is 3.26. The summed E-state index contributed by atoms with van der Waals surface area (Å²) in [6.45, 7) is 5.80. The predicted molar refractivity (Wildman–Crippen MR) is 144 cm³/mol. The number of aromatic nitrogens is 5. The number of ether oxygens (including phenoxy) is 1. The van der Waals surface area contributed by atoms with Gasteiger partial charge in [-0.15, -0.1) is 0 Å². The van der Waals surface area contributed by atoms with Crippen molar-refractivity contribution < 1.29 is 13.5 Å². The Morgan fingerprint density at radius 3 is 2.67 bits per heavy atom. The first-order valence-corrected chi connectivity index (χ1v) is 12.4. The number of benzene rings is 2. The maximum absolute atomic E-state index is 15.0. The summed E-state index contributed by atoms with van der Waals surface area (Å²) < 4.78 is 37.4. The topological polar surface area (TPSA) is 102 Å². The Balaban J connectivity index is 1.40. The number of rotatable bonds is 7. The second-order valence-corrected chi connectivity index (χ2v) is 9.41. The maximum Gasteiger partial charge on any atom is 0.227 e. The van der Waals surface area contributed by atoms with Gasteiger partial charge >= 0.3 is 0 Å². The highest BCUT2D eigenvalue weighted by molar-refractivity contribution is 6.32. The third-order valence-electron chi connectivity index (χ3n) is 6.02. The molecule has 39 heavy (non-hydrogen) atoms. The highest BCUT2D eigenvalue weighted by Crippen LogP contribution is 2.32. The van der Waals surface area contributed by atoms with Gasteiger partial charge in [-0.05, 0) is 63.2 Å². The van der Waals surface area contributed by atoms with E-state index in [4.69, 9.17) is 16.3 Å². The molecule has 0 atom stereocenters. The van der Waals surface area contributed by atoms with Gasteiger partial charge in [0.1, 0.15) is 35.5 Å². The first-order chi connectivity index (χ1) is 18.7. The standard InChI is InChI=1S/C28H22ClF2N7O/c1-15(2)38-16(3)35-27-21(30)9-18(10-24(27)38)26-22(31)13-34-28(37-26)36-19-6-7-25(20(29)11-19)39-14-23-17(12-32)5-4-8-33-23/h4-11,13,15H,14H2,1-3H3,(H,34,36,37). The Hall–Kier alpha value is -4.62. The van der Waals surface area contributed by atoms with Crippen LogP contribution >= 0.6 is 11.6 Å². The van der Waals surface area contributed by atoms with Crippen molar-refractivity contribution in [3.8, 4) is 23.1 Å². The first kappa shape index (κ1) is 26.0. The Bertz CT molecular complexity index is 1750. The molecule has 11 heteroatoms. The summed E-state index contributed by atoms with van der Waals surface area (Å²) >= 11 is 6.40. The summed E-state index contributed by atoms with van der Waals surface area (Å²) in [5.74, 6) is -0.112. The molecule has 0 amide bonds. The van der Waals surface area contributed by atoms with Crippen LogP contribution in [0.15, 0.2) is 54.9 Å². The van der Waals surface area contributed by atoms with Crippen LogP contribution < -0.4 is 10.1 Å². The van der Waals surface area contributed by atoms with E-state index in [2.05, 4.69) is 31.3 Å². The molecule has 1 N–H and O–H groups in total. The molecule has 3 aromatic heterocycles. The van der Waals surface area contributed by atoms with E-state index in [1.807, 2.05) is 18.4 Å². The van der Waals surface area contributed by atoms with Gasteiger partial charge < -0.3 is 14.6 Å². The number of nitriles is 1. The third kappa shape index (κ3) is 5.22. The molecule has 5 rings (SSSR count). The lowest BCUT2D eigenvalue weighted by Gasteiger charge is -2.13. The summed E-state index contributed by atoms with van der Waals surface area (Å²) in [7, 11) is 0. The fourth-order valence-electron chi connectivity index (χ4n) is 4.31. The molecule has 0 aliphatic carbocycles. The molecule has 3 heterocycles.